The number of rotatable bonds is 2. The highest BCUT2D eigenvalue weighted by Crippen LogP contribution is 2.28. The fourth-order valence-corrected chi connectivity index (χ4v) is 2.37. The molecule has 1 aliphatic rings. The molecule has 1 amide bonds. The predicted molar refractivity (Wildman–Crippen MR) is 68.4 cm³/mol. The molecule has 96 valence electrons. The van der Waals surface area contributed by atoms with Crippen molar-refractivity contribution < 1.29 is 14.3 Å². The van der Waals surface area contributed by atoms with Crippen LogP contribution in [0, 0.1) is 19.8 Å². The molecule has 1 atom stereocenters. The van der Waals surface area contributed by atoms with E-state index in [1.807, 2.05) is 32.0 Å². The van der Waals surface area contributed by atoms with Crippen molar-refractivity contribution in [2.24, 2.45) is 5.92 Å². The van der Waals surface area contributed by atoms with E-state index < -0.39 is 0 Å². The van der Waals surface area contributed by atoms with Gasteiger partial charge in [-0.3, -0.25) is 9.59 Å². The third-order valence-corrected chi connectivity index (χ3v) is 3.30. The van der Waals surface area contributed by atoms with Gasteiger partial charge in [0.2, 0.25) is 5.91 Å². The second-order valence-corrected chi connectivity index (χ2v) is 4.72. The first-order valence-electron chi connectivity index (χ1n) is 5.98. The lowest BCUT2D eigenvalue weighted by atomic mass is 10.1. The van der Waals surface area contributed by atoms with Gasteiger partial charge in [-0.1, -0.05) is 17.7 Å². The van der Waals surface area contributed by atoms with Crippen molar-refractivity contribution in [1.82, 2.24) is 0 Å². The topological polar surface area (TPSA) is 46.6 Å². The van der Waals surface area contributed by atoms with Crippen LogP contribution in [0.25, 0.3) is 0 Å². The van der Waals surface area contributed by atoms with E-state index in [2.05, 4.69) is 0 Å². The molecular formula is C14H17NO3. The number of carbonyl (C=O) groups excluding carboxylic acids is 2. The molecule has 0 saturated carbocycles. The number of methoxy groups -OCH3 is 1. The van der Waals surface area contributed by atoms with Crippen LogP contribution in [0.2, 0.25) is 0 Å². The fourth-order valence-electron chi connectivity index (χ4n) is 2.37. The van der Waals surface area contributed by atoms with Crippen LogP contribution in [-0.4, -0.2) is 25.5 Å². The van der Waals surface area contributed by atoms with Gasteiger partial charge in [0.25, 0.3) is 0 Å². The SMILES string of the molecule is COC(=O)C1CC(=O)N(c2ccc(C)cc2C)C1. The maximum Gasteiger partial charge on any atom is 0.311 e. The first kappa shape index (κ1) is 12.6. The second kappa shape index (κ2) is 4.80. The van der Waals surface area contributed by atoms with E-state index in [1.54, 1.807) is 4.90 Å². The van der Waals surface area contributed by atoms with Crippen LogP contribution in [0.1, 0.15) is 17.5 Å². The smallest absolute Gasteiger partial charge is 0.311 e. The highest BCUT2D eigenvalue weighted by Gasteiger charge is 2.36. The molecule has 0 aliphatic carbocycles. The lowest BCUT2D eigenvalue weighted by Gasteiger charge is -2.19. The van der Waals surface area contributed by atoms with Crippen LogP contribution in [0.4, 0.5) is 5.69 Å². The summed E-state index contributed by atoms with van der Waals surface area (Å²) in [4.78, 5) is 25.1. The fraction of sp³-hybridized carbons (Fsp3) is 0.429. The first-order valence-corrected chi connectivity index (χ1v) is 5.98. The van der Waals surface area contributed by atoms with Gasteiger partial charge >= 0.3 is 5.97 Å². The summed E-state index contributed by atoms with van der Waals surface area (Å²) in [5, 5.41) is 0. The molecule has 0 N–H and O–H groups in total. The van der Waals surface area contributed by atoms with Gasteiger partial charge in [0.15, 0.2) is 0 Å². The van der Waals surface area contributed by atoms with Crippen molar-refractivity contribution >= 4 is 17.6 Å². The summed E-state index contributed by atoms with van der Waals surface area (Å²) in [6, 6.07) is 5.94. The number of carbonyl (C=O) groups is 2. The van der Waals surface area contributed by atoms with Crippen LogP contribution in [0.5, 0.6) is 0 Å². The molecule has 1 aliphatic heterocycles. The molecule has 1 saturated heterocycles. The Labute approximate surface area is 107 Å². The van der Waals surface area contributed by atoms with E-state index in [0.717, 1.165) is 16.8 Å². The standard InChI is InChI=1S/C14H17NO3/c1-9-4-5-12(10(2)6-9)15-8-11(7-13(15)16)14(17)18-3/h4-6,11H,7-8H2,1-3H3. The maximum absolute atomic E-state index is 12.0. The van der Waals surface area contributed by atoms with Gasteiger partial charge in [0, 0.05) is 18.7 Å². The molecular weight excluding hydrogens is 230 g/mol. The minimum absolute atomic E-state index is 0.0163. The third-order valence-electron chi connectivity index (χ3n) is 3.30. The Bertz CT molecular complexity index is 496. The summed E-state index contributed by atoms with van der Waals surface area (Å²) in [7, 11) is 1.35. The Morgan fingerprint density at radius 2 is 2.11 bits per heavy atom. The Morgan fingerprint density at radius 3 is 2.72 bits per heavy atom. The van der Waals surface area contributed by atoms with Crippen molar-refractivity contribution in [2.45, 2.75) is 20.3 Å². The van der Waals surface area contributed by atoms with Gasteiger partial charge in [0.1, 0.15) is 0 Å². The monoisotopic (exact) mass is 247 g/mol. The summed E-state index contributed by atoms with van der Waals surface area (Å²) >= 11 is 0. The average molecular weight is 247 g/mol. The summed E-state index contributed by atoms with van der Waals surface area (Å²) in [6.45, 7) is 4.40. The molecule has 1 heterocycles. The Hall–Kier alpha value is -1.84. The summed E-state index contributed by atoms with van der Waals surface area (Å²) in [6.07, 6.45) is 0.236. The molecule has 0 radical (unpaired) electrons. The lowest BCUT2D eigenvalue weighted by Crippen LogP contribution is -2.26. The van der Waals surface area contributed by atoms with Crippen LogP contribution in [0.15, 0.2) is 18.2 Å². The van der Waals surface area contributed by atoms with E-state index >= 15 is 0 Å². The maximum atomic E-state index is 12.0. The molecule has 1 unspecified atom stereocenters. The van der Waals surface area contributed by atoms with Gasteiger partial charge in [0.05, 0.1) is 13.0 Å². The summed E-state index contributed by atoms with van der Waals surface area (Å²) in [5.74, 6) is -0.670. The largest absolute Gasteiger partial charge is 0.469 e. The van der Waals surface area contributed by atoms with Crippen LogP contribution < -0.4 is 4.90 Å². The van der Waals surface area contributed by atoms with E-state index in [1.165, 1.54) is 7.11 Å². The number of amides is 1. The van der Waals surface area contributed by atoms with Crippen LogP contribution in [-0.2, 0) is 14.3 Å². The molecule has 1 aromatic carbocycles. The van der Waals surface area contributed by atoms with Gasteiger partial charge in [-0.15, -0.1) is 0 Å². The highest BCUT2D eigenvalue weighted by atomic mass is 16.5. The van der Waals surface area contributed by atoms with E-state index in [0.29, 0.717) is 6.54 Å². The zero-order valence-electron chi connectivity index (χ0n) is 10.9. The summed E-state index contributed by atoms with van der Waals surface area (Å²) in [5.41, 5.74) is 3.10. The molecule has 0 spiro atoms. The van der Waals surface area contributed by atoms with Gasteiger partial charge in [-0.2, -0.15) is 0 Å². The molecule has 0 bridgehead atoms. The minimum Gasteiger partial charge on any atom is -0.469 e. The van der Waals surface area contributed by atoms with Gasteiger partial charge in [-0.05, 0) is 25.5 Å². The number of nitrogens with zero attached hydrogens (tertiary/aromatic N) is 1. The molecule has 1 aromatic rings. The van der Waals surface area contributed by atoms with Crippen molar-refractivity contribution in [3.05, 3.63) is 29.3 Å². The van der Waals surface area contributed by atoms with Gasteiger partial charge < -0.3 is 9.64 Å². The number of benzene rings is 1. The van der Waals surface area contributed by atoms with Crippen molar-refractivity contribution in [3.63, 3.8) is 0 Å². The lowest BCUT2D eigenvalue weighted by molar-refractivity contribution is -0.145. The van der Waals surface area contributed by atoms with Crippen molar-refractivity contribution in [1.29, 1.82) is 0 Å². The quantitative estimate of drug-likeness (QED) is 0.749. The zero-order valence-corrected chi connectivity index (χ0v) is 10.9. The van der Waals surface area contributed by atoms with E-state index in [9.17, 15) is 9.59 Å². The normalized spacial score (nSPS) is 19.2. The zero-order chi connectivity index (χ0) is 13.3. The highest BCUT2D eigenvalue weighted by molar-refractivity contribution is 6.00. The number of aryl methyl sites for hydroxylation is 2. The minimum atomic E-state index is -0.344. The summed E-state index contributed by atoms with van der Waals surface area (Å²) < 4.78 is 4.70. The van der Waals surface area contributed by atoms with Gasteiger partial charge in [-0.25, -0.2) is 0 Å². The molecule has 4 nitrogen and oxygen atoms in total. The average Bonchev–Trinajstić information content (AvgIpc) is 2.70. The Kier molecular flexibility index (Phi) is 3.36. The molecule has 1 fully saturated rings. The number of esters is 1. The molecule has 2 rings (SSSR count). The van der Waals surface area contributed by atoms with E-state index in [-0.39, 0.29) is 24.2 Å². The molecule has 0 aromatic heterocycles. The van der Waals surface area contributed by atoms with Crippen molar-refractivity contribution in [2.75, 3.05) is 18.6 Å². The number of hydrogen-bond acceptors (Lipinski definition) is 3. The Balaban J connectivity index is 2.24. The molecule has 18 heavy (non-hydrogen) atoms. The molecule has 4 heteroatoms. The number of hydrogen-bond donors (Lipinski definition) is 0. The predicted octanol–water partition coefficient (Wildman–Crippen LogP) is 1.83. The van der Waals surface area contributed by atoms with Crippen molar-refractivity contribution in [3.8, 4) is 0 Å². The van der Waals surface area contributed by atoms with Crippen LogP contribution in [0.3, 0.4) is 0 Å². The van der Waals surface area contributed by atoms with E-state index in [4.69, 9.17) is 4.74 Å². The first-order chi connectivity index (χ1) is 8.52. The second-order valence-electron chi connectivity index (χ2n) is 4.72. The third kappa shape index (κ3) is 2.23. The number of anilines is 1. The van der Waals surface area contributed by atoms with Crippen LogP contribution >= 0.6 is 0 Å². The Morgan fingerprint density at radius 1 is 1.39 bits per heavy atom. The number of ether oxygens (including phenoxy) is 1.